The summed E-state index contributed by atoms with van der Waals surface area (Å²) in [6, 6.07) is 9.68. The smallest absolute Gasteiger partial charge is 0.319 e. The van der Waals surface area contributed by atoms with Crippen LogP contribution in [0.5, 0.6) is 11.5 Å². The first-order valence-electron chi connectivity index (χ1n) is 8.26. The maximum Gasteiger partial charge on any atom is 0.319 e. The van der Waals surface area contributed by atoms with Gasteiger partial charge in [0.05, 0.1) is 11.6 Å². The average Bonchev–Trinajstić information content (AvgIpc) is 2.62. The first-order valence-corrected chi connectivity index (χ1v) is 9.06. The summed E-state index contributed by atoms with van der Waals surface area (Å²) >= 11 is 3.24. The van der Waals surface area contributed by atoms with Crippen LogP contribution in [0.25, 0.3) is 6.08 Å². The molecule has 0 spiro atoms. The van der Waals surface area contributed by atoms with Crippen molar-refractivity contribution < 1.29 is 19.4 Å². The molecule has 2 aromatic carbocycles. The molecule has 2 amide bonds. The van der Waals surface area contributed by atoms with E-state index in [9.17, 15) is 14.7 Å². The highest BCUT2D eigenvalue weighted by atomic mass is 79.9. The Morgan fingerprint density at radius 2 is 1.85 bits per heavy atom. The molecule has 0 fully saturated rings. The van der Waals surface area contributed by atoms with Crippen molar-refractivity contribution >= 4 is 39.5 Å². The van der Waals surface area contributed by atoms with Crippen LogP contribution in [-0.2, 0) is 0 Å². The third kappa shape index (κ3) is 5.86. The molecule has 0 radical (unpaired) electrons. The number of methoxy groups -OCH3 is 1. The third-order valence-corrected chi connectivity index (χ3v) is 4.15. The van der Waals surface area contributed by atoms with Crippen LogP contribution in [0.2, 0.25) is 0 Å². The summed E-state index contributed by atoms with van der Waals surface area (Å²) in [7, 11) is 1.46. The molecule has 0 aliphatic rings. The van der Waals surface area contributed by atoms with Crippen molar-refractivity contribution in [2.24, 2.45) is 0 Å². The van der Waals surface area contributed by atoms with Gasteiger partial charge in [-0.25, -0.2) is 4.79 Å². The Bertz CT molecular complexity index is 861. The minimum absolute atomic E-state index is 0.00516. The van der Waals surface area contributed by atoms with Crippen molar-refractivity contribution in [3.05, 3.63) is 58.1 Å². The standard InChI is InChI=1S/C20H21BrN2O4/c1-12(2)22-20(26)23-15-7-5-14(6-8-15)17(24)9-4-13-10-16(21)19(25)18(11-13)27-3/h4-12,25H,1-3H3,(H2,22,23,26)/b9-4+. The number of urea groups is 1. The van der Waals surface area contributed by atoms with Gasteiger partial charge in [-0.15, -0.1) is 0 Å². The zero-order valence-corrected chi connectivity index (χ0v) is 16.8. The Balaban J connectivity index is 2.07. The predicted molar refractivity (Wildman–Crippen MR) is 109 cm³/mol. The van der Waals surface area contributed by atoms with Crippen LogP contribution in [0.1, 0.15) is 29.8 Å². The average molecular weight is 433 g/mol. The Kier molecular flexibility index (Phi) is 7.01. The quantitative estimate of drug-likeness (QED) is 0.460. The zero-order chi connectivity index (χ0) is 20.0. The number of ether oxygens (including phenoxy) is 1. The van der Waals surface area contributed by atoms with Crippen LogP contribution in [0.15, 0.2) is 46.9 Å². The summed E-state index contributed by atoms with van der Waals surface area (Å²) in [5, 5.41) is 15.2. The van der Waals surface area contributed by atoms with Gasteiger partial charge in [-0.1, -0.05) is 6.08 Å². The van der Waals surface area contributed by atoms with E-state index in [4.69, 9.17) is 4.74 Å². The van der Waals surface area contributed by atoms with Gasteiger partial charge in [0.25, 0.3) is 0 Å². The number of carbonyl (C=O) groups is 2. The van der Waals surface area contributed by atoms with Gasteiger partial charge in [0.15, 0.2) is 17.3 Å². The fourth-order valence-electron chi connectivity index (χ4n) is 2.26. The number of carbonyl (C=O) groups excluding carboxylic acids is 2. The van der Waals surface area contributed by atoms with E-state index in [0.717, 1.165) is 0 Å². The lowest BCUT2D eigenvalue weighted by Crippen LogP contribution is -2.34. The van der Waals surface area contributed by atoms with Crippen molar-refractivity contribution in [2.45, 2.75) is 19.9 Å². The topological polar surface area (TPSA) is 87.7 Å². The molecule has 0 saturated carbocycles. The van der Waals surface area contributed by atoms with E-state index in [0.29, 0.717) is 27.0 Å². The van der Waals surface area contributed by atoms with Gasteiger partial charge in [-0.05, 0) is 77.8 Å². The molecule has 3 N–H and O–H groups in total. The van der Waals surface area contributed by atoms with Gasteiger partial charge in [-0.3, -0.25) is 4.79 Å². The Morgan fingerprint density at radius 3 is 2.44 bits per heavy atom. The first-order chi connectivity index (χ1) is 12.8. The molecule has 0 unspecified atom stereocenters. The summed E-state index contributed by atoms with van der Waals surface area (Å²) < 4.78 is 5.56. The summed E-state index contributed by atoms with van der Waals surface area (Å²) in [4.78, 5) is 24.0. The first kappa shape index (κ1) is 20.5. The van der Waals surface area contributed by atoms with E-state index >= 15 is 0 Å². The number of nitrogens with one attached hydrogen (secondary N) is 2. The van der Waals surface area contributed by atoms with Gasteiger partial charge in [0, 0.05) is 17.3 Å². The third-order valence-electron chi connectivity index (χ3n) is 3.54. The number of halogens is 1. The molecule has 142 valence electrons. The van der Waals surface area contributed by atoms with Gasteiger partial charge < -0.3 is 20.5 Å². The number of rotatable bonds is 6. The second-order valence-electron chi connectivity index (χ2n) is 6.08. The van der Waals surface area contributed by atoms with E-state index < -0.39 is 0 Å². The van der Waals surface area contributed by atoms with Crippen molar-refractivity contribution in [3.8, 4) is 11.5 Å². The minimum atomic E-state index is -0.296. The number of hydrogen-bond acceptors (Lipinski definition) is 4. The highest BCUT2D eigenvalue weighted by Crippen LogP contribution is 2.35. The normalized spacial score (nSPS) is 10.9. The molecule has 0 atom stereocenters. The van der Waals surface area contributed by atoms with E-state index in [1.54, 1.807) is 42.5 Å². The highest BCUT2D eigenvalue weighted by Gasteiger charge is 2.08. The number of benzene rings is 2. The Labute approximate surface area is 166 Å². The number of allylic oxidation sites excluding steroid dienone is 1. The van der Waals surface area contributed by atoms with E-state index in [-0.39, 0.29) is 23.6 Å². The highest BCUT2D eigenvalue weighted by molar-refractivity contribution is 9.10. The molecule has 2 rings (SSSR count). The number of phenols is 1. The van der Waals surface area contributed by atoms with Crippen LogP contribution in [-0.4, -0.2) is 30.1 Å². The molecule has 0 aromatic heterocycles. The Morgan fingerprint density at radius 1 is 1.19 bits per heavy atom. The van der Waals surface area contributed by atoms with Crippen LogP contribution >= 0.6 is 15.9 Å². The predicted octanol–water partition coefficient (Wildman–Crippen LogP) is 4.59. The maximum absolute atomic E-state index is 12.3. The monoisotopic (exact) mass is 432 g/mol. The summed E-state index contributed by atoms with van der Waals surface area (Å²) in [6.07, 6.45) is 3.07. The number of amides is 2. The van der Waals surface area contributed by atoms with Crippen LogP contribution < -0.4 is 15.4 Å². The summed E-state index contributed by atoms with van der Waals surface area (Å²) in [6.45, 7) is 3.74. The van der Waals surface area contributed by atoms with Crippen molar-refractivity contribution in [2.75, 3.05) is 12.4 Å². The van der Waals surface area contributed by atoms with Crippen LogP contribution in [0, 0.1) is 0 Å². The minimum Gasteiger partial charge on any atom is -0.503 e. The number of anilines is 1. The van der Waals surface area contributed by atoms with Crippen LogP contribution in [0.4, 0.5) is 10.5 Å². The second kappa shape index (κ2) is 9.23. The summed E-state index contributed by atoms with van der Waals surface area (Å²) in [5.41, 5.74) is 1.79. The molecule has 2 aromatic rings. The van der Waals surface area contributed by atoms with Crippen molar-refractivity contribution in [1.82, 2.24) is 5.32 Å². The summed E-state index contributed by atoms with van der Waals surface area (Å²) in [5.74, 6) is 0.133. The molecular weight excluding hydrogens is 412 g/mol. The molecule has 0 heterocycles. The Hall–Kier alpha value is -2.80. The van der Waals surface area contributed by atoms with Crippen molar-refractivity contribution in [3.63, 3.8) is 0 Å². The molecule has 27 heavy (non-hydrogen) atoms. The zero-order valence-electron chi connectivity index (χ0n) is 15.2. The van der Waals surface area contributed by atoms with Crippen LogP contribution in [0.3, 0.4) is 0 Å². The fourth-order valence-corrected chi connectivity index (χ4v) is 2.72. The van der Waals surface area contributed by atoms with E-state index in [2.05, 4.69) is 26.6 Å². The van der Waals surface area contributed by atoms with Gasteiger partial charge in [-0.2, -0.15) is 0 Å². The molecule has 7 heteroatoms. The molecule has 0 aliphatic heterocycles. The molecule has 0 bridgehead atoms. The molecular formula is C20H21BrN2O4. The number of hydrogen-bond donors (Lipinski definition) is 3. The molecule has 0 saturated heterocycles. The largest absolute Gasteiger partial charge is 0.503 e. The van der Waals surface area contributed by atoms with Crippen molar-refractivity contribution in [1.29, 1.82) is 0 Å². The number of aromatic hydroxyl groups is 1. The lowest BCUT2D eigenvalue weighted by molar-refractivity contribution is 0.104. The molecule has 0 aliphatic carbocycles. The fraction of sp³-hybridized carbons (Fsp3) is 0.200. The number of phenolic OH excluding ortho intramolecular Hbond substituents is 1. The SMILES string of the molecule is COc1cc(/C=C/C(=O)c2ccc(NC(=O)NC(C)C)cc2)cc(Br)c1O. The van der Waals surface area contributed by atoms with Gasteiger partial charge in [0.1, 0.15) is 0 Å². The lowest BCUT2D eigenvalue weighted by atomic mass is 10.1. The lowest BCUT2D eigenvalue weighted by Gasteiger charge is -2.10. The second-order valence-corrected chi connectivity index (χ2v) is 6.94. The van der Waals surface area contributed by atoms with Gasteiger partial charge >= 0.3 is 6.03 Å². The molecule has 6 nitrogen and oxygen atoms in total. The maximum atomic E-state index is 12.3. The van der Waals surface area contributed by atoms with Gasteiger partial charge in [0.2, 0.25) is 0 Å². The number of ketones is 1. The van der Waals surface area contributed by atoms with E-state index in [1.807, 2.05) is 13.8 Å². The van der Waals surface area contributed by atoms with E-state index in [1.165, 1.54) is 13.2 Å².